The van der Waals surface area contributed by atoms with Crippen LogP contribution in [0.4, 0.5) is 9.52 Å². The molecule has 1 heterocycles. The van der Waals surface area contributed by atoms with Crippen LogP contribution in [0.1, 0.15) is 13.8 Å². The molecule has 2 aromatic carbocycles. The van der Waals surface area contributed by atoms with Crippen LogP contribution in [0.15, 0.2) is 42.5 Å². The Morgan fingerprint density at radius 2 is 1.81 bits per heavy atom. The predicted octanol–water partition coefficient (Wildman–Crippen LogP) is 4.62. The highest BCUT2D eigenvalue weighted by Crippen LogP contribution is 2.30. The zero-order chi connectivity index (χ0) is 21.5. The van der Waals surface area contributed by atoms with Crippen molar-refractivity contribution in [3.8, 4) is 11.5 Å². The molecule has 1 aromatic heterocycles. The van der Waals surface area contributed by atoms with Crippen LogP contribution in [-0.2, 0) is 4.79 Å². The summed E-state index contributed by atoms with van der Waals surface area (Å²) in [7, 11) is 1.57. The molecular formula is C22H27ClFN3O3S. The molecule has 0 spiro atoms. The number of halogens is 2. The van der Waals surface area contributed by atoms with Gasteiger partial charge in [0.25, 0.3) is 5.91 Å². The SMILES string of the molecule is CCN(CC)CCN(C(=O)COc1cccc(OC)c1)c1nc2c(F)cccc2s1.Cl. The smallest absolute Gasteiger partial charge is 0.266 e. The molecule has 0 radical (unpaired) electrons. The fourth-order valence-electron chi connectivity index (χ4n) is 3.04. The zero-order valence-corrected chi connectivity index (χ0v) is 19.5. The first-order valence-electron chi connectivity index (χ1n) is 9.90. The van der Waals surface area contributed by atoms with Crippen molar-refractivity contribution < 1.29 is 18.7 Å². The van der Waals surface area contributed by atoms with Crippen LogP contribution in [0, 0.1) is 5.82 Å². The summed E-state index contributed by atoms with van der Waals surface area (Å²) in [4.78, 5) is 21.3. The second-order valence-electron chi connectivity index (χ2n) is 6.62. The fraction of sp³-hybridized carbons (Fsp3) is 0.364. The van der Waals surface area contributed by atoms with Gasteiger partial charge >= 0.3 is 0 Å². The van der Waals surface area contributed by atoms with E-state index < -0.39 is 5.82 Å². The van der Waals surface area contributed by atoms with Crippen LogP contribution < -0.4 is 14.4 Å². The Morgan fingerprint density at radius 3 is 2.48 bits per heavy atom. The summed E-state index contributed by atoms with van der Waals surface area (Å²) in [6, 6.07) is 11.9. The van der Waals surface area contributed by atoms with Gasteiger partial charge in [-0.1, -0.05) is 37.3 Å². The maximum atomic E-state index is 14.1. The number of carbonyl (C=O) groups is 1. The van der Waals surface area contributed by atoms with Crippen LogP contribution in [-0.4, -0.2) is 55.7 Å². The summed E-state index contributed by atoms with van der Waals surface area (Å²) in [5.74, 6) is 0.574. The monoisotopic (exact) mass is 467 g/mol. The summed E-state index contributed by atoms with van der Waals surface area (Å²) in [6.07, 6.45) is 0. The molecule has 0 saturated heterocycles. The molecule has 168 valence electrons. The summed E-state index contributed by atoms with van der Waals surface area (Å²) in [6.45, 7) is 6.91. The van der Waals surface area contributed by atoms with Gasteiger partial charge in [0.2, 0.25) is 0 Å². The number of para-hydroxylation sites is 1. The van der Waals surface area contributed by atoms with Crippen molar-refractivity contribution in [3.63, 3.8) is 0 Å². The van der Waals surface area contributed by atoms with Crippen molar-refractivity contribution in [3.05, 3.63) is 48.3 Å². The topological polar surface area (TPSA) is 54.9 Å². The number of carbonyl (C=O) groups excluding carboxylic acids is 1. The minimum Gasteiger partial charge on any atom is -0.497 e. The molecule has 3 aromatic rings. The summed E-state index contributed by atoms with van der Waals surface area (Å²) >= 11 is 1.30. The molecule has 0 aliphatic carbocycles. The Kier molecular flexibility index (Phi) is 9.48. The van der Waals surface area contributed by atoms with Gasteiger partial charge in [-0.3, -0.25) is 9.69 Å². The average Bonchev–Trinajstić information content (AvgIpc) is 3.20. The molecule has 0 bridgehead atoms. The van der Waals surface area contributed by atoms with Crippen LogP contribution in [0.5, 0.6) is 11.5 Å². The van der Waals surface area contributed by atoms with E-state index in [2.05, 4.69) is 23.7 Å². The van der Waals surface area contributed by atoms with E-state index in [1.54, 1.807) is 48.4 Å². The summed E-state index contributed by atoms with van der Waals surface area (Å²) in [5, 5.41) is 0.474. The number of hydrogen-bond acceptors (Lipinski definition) is 6. The third kappa shape index (κ3) is 6.29. The van der Waals surface area contributed by atoms with Crippen LogP contribution in [0.3, 0.4) is 0 Å². The number of nitrogens with zero attached hydrogens (tertiary/aromatic N) is 3. The zero-order valence-electron chi connectivity index (χ0n) is 17.8. The van der Waals surface area contributed by atoms with Gasteiger partial charge in [-0.2, -0.15) is 0 Å². The van der Waals surface area contributed by atoms with Crippen molar-refractivity contribution in [1.29, 1.82) is 0 Å². The van der Waals surface area contributed by atoms with Gasteiger partial charge in [0.05, 0.1) is 11.8 Å². The van der Waals surface area contributed by atoms with Gasteiger partial charge in [-0.25, -0.2) is 9.37 Å². The summed E-state index contributed by atoms with van der Waals surface area (Å²) in [5.41, 5.74) is 0.284. The minimum atomic E-state index is -0.390. The van der Waals surface area contributed by atoms with Crippen molar-refractivity contribution in [1.82, 2.24) is 9.88 Å². The Balaban J connectivity index is 0.00000341. The van der Waals surface area contributed by atoms with Gasteiger partial charge < -0.3 is 14.4 Å². The number of aromatic nitrogens is 1. The van der Waals surface area contributed by atoms with E-state index in [0.717, 1.165) is 13.1 Å². The van der Waals surface area contributed by atoms with E-state index in [9.17, 15) is 9.18 Å². The third-order valence-electron chi connectivity index (χ3n) is 4.83. The molecule has 0 aliphatic rings. The number of likely N-dealkylation sites (N-methyl/N-ethyl adjacent to an activating group) is 1. The maximum Gasteiger partial charge on any atom is 0.266 e. The van der Waals surface area contributed by atoms with E-state index in [1.165, 1.54) is 17.4 Å². The first-order valence-corrected chi connectivity index (χ1v) is 10.7. The lowest BCUT2D eigenvalue weighted by atomic mass is 10.3. The number of rotatable bonds is 10. The van der Waals surface area contributed by atoms with Crippen molar-refractivity contribution in [2.24, 2.45) is 0 Å². The quantitative estimate of drug-likeness (QED) is 0.435. The standard InChI is InChI=1S/C22H26FN3O3S.ClH/c1-4-25(5-2)12-13-26(22-24-21-18(23)10-7-11-19(21)30-22)20(27)15-29-17-9-6-8-16(14-17)28-3;/h6-11,14H,4-5,12-13,15H2,1-3H3;1H. The summed E-state index contributed by atoms with van der Waals surface area (Å²) < 4.78 is 25.7. The van der Waals surface area contributed by atoms with E-state index in [-0.39, 0.29) is 30.4 Å². The first kappa shape index (κ1) is 24.8. The molecule has 0 fully saturated rings. The van der Waals surface area contributed by atoms with E-state index in [4.69, 9.17) is 9.47 Å². The average molecular weight is 468 g/mol. The van der Waals surface area contributed by atoms with Gasteiger partial charge in [0.15, 0.2) is 11.7 Å². The van der Waals surface area contributed by atoms with E-state index in [0.29, 0.717) is 34.4 Å². The normalized spacial score (nSPS) is 10.7. The molecule has 6 nitrogen and oxygen atoms in total. The molecule has 0 saturated carbocycles. The van der Waals surface area contributed by atoms with Crippen LogP contribution in [0.2, 0.25) is 0 Å². The maximum absolute atomic E-state index is 14.1. The number of benzene rings is 2. The van der Waals surface area contributed by atoms with Crippen molar-refractivity contribution in [2.75, 3.05) is 44.8 Å². The number of anilines is 1. The largest absolute Gasteiger partial charge is 0.497 e. The van der Waals surface area contributed by atoms with Gasteiger partial charge in [-0.15, -0.1) is 12.4 Å². The highest BCUT2D eigenvalue weighted by atomic mass is 35.5. The number of hydrogen-bond donors (Lipinski definition) is 0. The molecule has 1 amide bonds. The molecule has 0 N–H and O–H groups in total. The number of fused-ring (bicyclic) bond motifs is 1. The van der Waals surface area contributed by atoms with Crippen LogP contribution >= 0.6 is 23.7 Å². The Bertz CT molecular complexity index is 997. The highest BCUT2D eigenvalue weighted by Gasteiger charge is 2.22. The lowest BCUT2D eigenvalue weighted by molar-refractivity contribution is -0.120. The van der Waals surface area contributed by atoms with E-state index in [1.807, 2.05) is 0 Å². The highest BCUT2D eigenvalue weighted by molar-refractivity contribution is 7.22. The molecule has 31 heavy (non-hydrogen) atoms. The second kappa shape index (κ2) is 11.8. The molecular weight excluding hydrogens is 441 g/mol. The molecule has 3 rings (SSSR count). The lowest BCUT2D eigenvalue weighted by Crippen LogP contribution is -2.41. The van der Waals surface area contributed by atoms with Gasteiger partial charge in [0.1, 0.15) is 22.8 Å². The number of amides is 1. The molecule has 0 unspecified atom stereocenters. The second-order valence-corrected chi connectivity index (χ2v) is 7.63. The van der Waals surface area contributed by atoms with Gasteiger partial charge in [-0.05, 0) is 37.4 Å². The number of methoxy groups -OCH3 is 1. The van der Waals surface area contributed by atoms with Gasteiger partial charge in [0, 0.05) is 19.2 Å². The third-order valence-corrected chi connectivity index (χ3v) is 5.87. The Hall–Kier alpha value is -2.42. The van der Waals surface area contributed by atoms with Crippen LogP contribution in [0.25, 0.3) is 10.2 Å². The Labute approximate surface area is 192 Å². The van der Waals surface area contributed by atoms with E-state index >= 15 is 0 Å². The number of thiazole rings is 1. The lowest BCUT2D eigenvalue weighted by Gasteiger charge is -2.24. The molecule has 0 atom stereocenters. The van der Waals surface area contributed by atoms with Crippen molar-refractivity contribution >= 4 is 45.0 Å². The molecule has 0 aliphatic heterocycles. The number of ether oxygens (including phenoxy) is 2. The first-order chi connectivity index (χ1) is 14.5. The fourth-order valence-corrected chi connectivity index (χ4v) is 4.06. The predicted molar refractivity (Wildman–Crippen MR) is 125 cm³/mol. The van der Waals surface area contributed by atoms with Crippen molar-refractivity contribution in [2.45, 2.75) is 13.8 Å². The minimum absolute atomic E-state index is 0. The Morgan fingerprint density at radius 1 is 1.10 bits per heavy atom. The molecule has 9 heteroatoms.